The maximum absolute atomic E-state index is 14.3. The molecule has 3 aromatic rings. The zero-order chi connectivity index (χ0) is 31.3. The van der Waals surface area contributed by atoms with Gasteiger partial charge in [0.1, 0.15) is 29.4 Å². The Balaban J connectivity index is 1.89. The summed E-state index contributed by atoms with van der Waals surface area (Å²) in [4.78, 5) is 36.0. The van der Waals surface area contributed by atoms with Crippen LogP contribution in [0.25, 0.3) is 0 Å². The Morgan fingerprint density at radius 1 is 0.930 bits per heavy atom. The minimum atomic E-state index is -0.767. The third-order valence-corrected chi connectivity index (χ3v) is 7.79. The summed E-state index contributed by atoms with van der Waals surface area (Å²) in [5.41, 5.74) is 2.30. The highest BCUT2D eigenvalue weighted by Gasteiger charge is 2.44. The van der Waals surface area contributed by atoms with Crippen molar-refractivity contribution >= 4 is 41.0 Å². The summed E-state index contributed by atoms with van der Waals surface area (Å²) < 4.78 is 11.7. The van der Waals surface area contributed by atoms with Gasteiger partial charge in [-0.25, -0.2) is 4.79 Å². The third kappa shape index (κ3) is 7.25. The normalized spacial score (nSPS) is 17.0. The van der Waals surface area contributed by atoms with Crippen molar-refractivity contribution in [1.82, 2.24) is 15.1 Å². The van der Waals surface area contributed by atoms with Gasteiger partial charge in [0.05, 0.1) is 24.8 Å². The van der Waals surface area contributed by atoms with E-state index in [4.69, 9.17) is 37.7 Å². The number of amidine groups is 1. The van der Waals surface area contributed by atoms with Crippen molar-refractivity contribution in [3.63, 3.8) is 0 Å². The number of methoxy groups -OCH3 is 1. The Morgan fingerprint density at radius 2 is 1.51 bits per heavy atom. The first kappa shape index (κ1) is 32.2. The maximum Gasteiger partial charge on any atom is 0.324 e. The van der Waals surface area contributed by atoms with Gasteiger partial charge in [0.2, 0.25) is 5.91 Å². The SMILES string of the molecule is CCN(CC)C(=O)[C@H](C)NC(=O)N1C(c2ccc(OC)cc2OC(C)C)=N[C@H](c2ccc(Cl)cc2)[C@@H]1c1ccc(Cl)cc1. The van der Waals surface area contributed by atoms with Crippen molar-refractivity contribution in [2.75, 3.05) is 20.2 Å². The minimum absolute atomic E-state index is 0.152. The number of carbonyl (C=O) groups excluding carboxylic acids is 2. The first-order chi connectivity index (χ1) is 20.6. The topological polar surface area (TPSA) is 83.5 Å². The van der Waals surface area contributed by atoms with Crippen LogP contribution in [0.5, 0.6) is 11.5 Å². The molecule has 10 heteroatoms. The average Bonchev–Trinajstić information content (AvgIpc) is 3.38. The molecule has 3 aromatic carbocycles. The molecule has 0 saturated heterocycles. The number of urea groups is 1. The predicted octanol–water partition coefficient (Wildman–Crippen LogP) is 7.30. The molecule has 0 fully saturated rings. The molecule has 1 aliphatic rings. The van der Waals surface area contributed by atoms with Crippen LogP contribution in [0.1, 0.15) is 63.4 Å². The van der Waals surface area contributed by atoms with Crippen molar-refractivity contribution < 1.29 is 19.1 Å². The molecular weight excluding hydrogens is 587 g/mol. The largest absolute Gasteiger partial charge is 0.497 e. The molecule has 0 aromatic heterocycles. The number of nitrogens with zero attached hydrogens (tertiary/aromatic N) is 3. The first-order valence-electron chi connectivity index (χ1n) is 14.4. The zero-order valence-corrected chi connectivity index (χ0v) is 26.8. The molecule has 3 amide bonds. The molecule has 0 bridgehead atoms. The van der Waals surface area contributed by atoms with Gasteiger partial charge in [-0.1, -0.05) is 47.5 Å². The molecule has 1 heterocycles. The van der Waals surface area contributed by atoms with Crippen LogP contribution in [0.4, 0.5) is 4.79 Å². The van der Waals surface area contributed by atoms with Gasteiger partial charge in [-0.3, -0.25) is 14.7 Å². The first-order valence-corrected chi connectivity index (χ1v) is 15.2. The van der Waals surface area contributed by atoms with Crippen molar-refractivity contribution in [2.45, 2.75) is 58.8 Å². The number of rotatable bonds is 10. The van der Waals surface area contributed by atoms with E-state index in [2.05, 4.69) is 5.32 Å². The van der Waals surface area contributed by atoms with E-state index in [1.807, 2.05) is 58.0 Å². The summed E-state index contributed by atoms with van der Waals surface area (Å²) in [6, 6.07) is 17.9. The second-order valence-corrected chi connectivity index (χ2v) is 11.4. The van der Waals surface area contributed by atoms with Gasteiger partial charge >= 0.3 is 6.03 Å². The number of amides is 3. The highest BCUT2D eigenvalue weighted by Crippen LogP contribution is 2.45. The molecule has 0 saturated carbocycles. The fraction of sp³-hybridized carbons (Fsp3) is 0.364. The number of aliphatic imine (C=N–C) groups is 1. The molecule has 1 N–H and O–H groups in total. The highest BCUT2D eigenvalue weighted by molar-refractivity contribution is 6.30. The van der Waals surface area contributed by atoms with Crippen LogP contribution < -0.4 is 14.8 Å². The average molecular weight is 626 g/mol. The fourth-order valence-corrected chi connectivity index (χ4v) is 5.41. The minimum Gasteiger partial charge on any atom is -0.497 e. The Hall–Kier alpha value is -3.75. The second kappa shape index (κ2) is 14.1. The fourth-order valence-electron chi connectivity index (χ4n) is 5.16. The molecule has 0 unspecified atom stereocenters. The van der Waals surface area contributed by atoms with E-state index in [0.29, 0.717) is 46.0 Å². The lowest BCUT2D eigenvalue weighted by atomic mass is 9.94. The molecule has 0 spiro atoms. The van der Waals surface area contributed by atoms with Gasteiger partial charge in [0.15, 0.2) is 0 Å². The summed E-state index contributed by atoms with van der Waals surface area (Å²) in [5, 5.41) is 4.11. The van der Waals surface area contributed by atoms with Crippen LogP contribution in [0.3, 0.4) is 0 Å². The van der Waals surface area contributed by atoms with Crippen molar-refractivity contribution in [2.24, 2.45) is 4.99 Å². The molecule has 228 valence electrons. The van der Waals surface area contributed by atoms with E-state index in [0.717, 1.165) is 11.1 Å². The summed E-state index contributed by atoms with van der Waals surface area (Å²) in [6.07, 6.45) is -0.152. The van der Waals surface area contributed by atoms with Crippen LogP contribution in [-0.2, 0) is 4.79 Å². The molecular formula is C33H38Cl2N4O4. The van der Waals surface area contributed by atoms with Gasteiger partial charge in [0, 0.05) is 29.2 Å². The summed E-state index contributed by atoms with van der Waals surface area (Å²) in [7, 11) is 1.59. The van der Waals surface area contributed by atoms with E-state index in [9.17, 15) is 9.59 Å². The van der Waals surface area contributed by atoms with Gasteiger partial charge in [-0.2, -0.15) is 0 Å². The number of likely N-dealkylation sites (N-methyl/N-ethyl adjacent to an activating group) is 1. The third-order valence-electron chi connectivity index (χ3n) is 7.29. The Kier molecular flexibility index (Phi) is 10.6. The Morgan fingerprint density at radius 3 is 2.05 bits per heavy atom. The molecule has 0 radical (unpaired) electrons. The molecule has 0 aliphatic carbocycles. The lowest BCUT2D eigenvalue weighted by molar-refractivity contribution is -0.132. The Bertz CT molecular complexity index is 1460. The van der Waals surface area contributed by atoms with Crippen molar-refractivity contribution in [3.05, 3.63) is 93.5 Å². The number of halogens is 2. The van der Waals surface area contributed by atoms with Gasteiger partial charge in [-0.15, -0.1) is 0 Å². The van der Waals surface area contributed by atoms with Crippen LogP contribution in [0, 0.1) is 0 Å². The number of hydrogen-bond donors (Lipinski definition) is 1. The number of ether oxygens (including phenoxy) is 2. The summed E-state index contributed by atoms with van der Waals surface area (Å²) in [6.45, 7) is 10.5. The van der Waals surface area contributed by atoms with Gasteiger partial charge < -0.3 is 19.7 Å². The standard InChI is InChI=1S/C33H38Cl2N4O4/c1-7-38(8-2)32(40)21(5)36-33(41)39-30(23-11-15-25(35)16-12-23)29(22-9-13-24(34)14-10-22)37-31(39)27-18-17-26(42-6)19-28(27)43-20(3)4/h9-21,29-30H,7-8H2,1-6H3,(H,36,41)/t21-,29+,30-/m0/s1. The number of nitrogens with one attached hydrogen (secondary N) is 1. The van der Waals surface area contributed by atoms with E-state index >= 15 is 0 Å². The van der Waals surface area contributed by atoms with Crippen molar-refractivity contribution in [1.29, 1.82) is 0 Å². The van der Waals surface area contributed by atoms with Gasteiger partial charge in [-0.05, 0) is 82.1 Å². The van der Waals surface area contributed by atoms with Crippen LogP contribution in [-0.4, -0.2) is 59.9 Å². The molecule has 3 atom stereocenters. The quantitative estimate of drug-likeness (QED) is 0.256. The van der Waals surface area contributed by atoms with E-state index in [1.165, 1.54) is 0 Å². The lowest BCUT2D eigenvalue weighted by Gasteiger charge is -2.32. The zero-order valence-electron chi connectivity index (χ0n) is 25.3. The molecule has 8 nitrogen and oxygen atoms in total. The predicted molar refractivity (Wildman–Crippen MR) is 171 cm³/mol. The lowest BCUT2D eigenvalue weighted by Crippen LogP contribution is -2.52. The van der Waals surface area contributed by atoms with E-state index in [-0.39, 0.29) is 12.0 Å². The highest BCUT2D eigenvalue weighted by atomic mass is 35.5. The molecule has 43 heavy (non-hydrogen) atoms. The summed E-state index contributed by atoms with van der Waals surface area (Å²) >= 11 is 12.5. The maximum atomic E-state index is 14.3. The number of benzene rings is 3. The number of hydrogen-bond acceptors (Lipinski definition) is 5. The monoisotopic (exact) mass is 624 g/mol. The van der Waals surface area contributed by atoms with Crippen LogP contribution >= 0.6 is 23.2 Å². The van der Waals surface area contributed by atoms with Gasteiger partial charge in [0.25, 0.3) is 0 Å². The number of carbonyl (C=O) groups is 2. The van der Waals surface area contributed by atoms with E-state index in [1.54, 1.807) is 60.2 Å². The second-order valence-electron chi connectivity index (χ2n) is 10.5. The smallest absolute Gasteiger partial charge is 0.324 e. The summed E-state index contributed by atoms with van der Waals surface area (Å²) in [5.74, 6) is 1.36. The molecule has 1 aliphatic heterocycles. The Labute approximate surface area is 263 Å². The van der Waals surface area contributed by atoms with Crippen LogP contribution in [0.15, 0.2) is 71.7 Å². The van der Waals surface area contributed by atoms with E-state index < -0.39 is 24.2 Å². The molecule has 4 rings (SSSR count). The van der Waals surface area contributed by atoms with Crippen LogP contribution in [0.2, 0.25) is 10.0 Å². The van der Waals surface area contributed by atoms with Crippen molar-refractivity contribution in [3.8, 4) is 11.5 Å².